The van der Waals surface area contributed by atoms with Crippen molar-refractivity contribution < 1.29 is 0 Å². The van der Waals surface area contributed by atoms with Crippen molar-refractivity contribution >= 4 is 43.9 Å². The van der Waals surface area contributed by atoms with Crippen molar-refractivity contribution in [1.82, 2.24) is 4.98 Å². The molecule has 0 aliphatic heterocycles. The van der Waals surface area contributed by atoms with E-state index < -0.39 is 0 Å². The Hall–Kier alpha value is -1.12. The molecule has 3 aromatic rings. The number of hydrogen-bond acceptors (Lipinski definition) is 2. The maximum atomic E-state index is 5.97. The van der Waals surface area contributed by atoms with Crippen molar-refractivity contribution in [2.45, 2.75) is 0 Å². The van der Waals surface area contributed by atoms with Gasteiger partial charge in [0.2, 0.25) is 0 Å². The Morgan fingerprint density at radius 3 is 2.93 bits per heavy atom. The summed E-state index contributed by atoms with van der Waals surface area (Å²) < 4.78 is 1.21. The lowest BCUT2D eigenvalue weighted by molar-refractivity contribution is 1.51. The maximum absolute atomic E-state index is 5.97. The molecule has 0 radical (unpaired) electrons. The minimum absolute atomic E-state index is 0.776. The standard InChI is InChI=1S/C11H6ClNS/c12-8-3-1-7-2-4-10-11(9(7)5-8)14-6-13-10/h1-6H. The van der Waals surface area contributed by atoms with Crippen LogP contribution in [-0.4, -0.2) is 4.98 Å². The fourth-order valence-corrected chi connectivity index (χ4v) is 2.60. The second-order valence-electron chi connectivity index (χ2n) is 3.13. The second kappa shape index (κ2) is 2.94. The van der Waals surface area contributed by atoms with Crippen LogP contribution in [0.5, 0.6) is 0 Å². The molecule has 0 saturated carbocycles. The van der Waals surface area contributed by atoms with Crippen LogP contribution in [0.3, 0.4) is 0 Å². The number of hydrogen-bond donors (Lipinski definition) is 0. The van der Waals surface area contributed by atoms with Gasteiger partial charge in [-0.1, -0.05) is 23.7 Å². The van der Waals surface area contributed by atoms with Crippen molar-refractivity contribution in [1.29, 1.82) is 0 Å². The smallest absolute Gasteiger partial charge is 0.0818 e. The Kier molecular flexibility index (Phi) is 1.72. The molecule has 0 atom stereocenters. The predicted molar refractivity (Wildman–Crippen MR) is 62.1 cm³/mol. The van der Waals surface area contributed by atoms with Gasteiger partial charge in [0.1, 0.15) is 0 Å². The molecular weight excluding hydrogens is 214 g/mol. The average molecular weight is 220 g/mol. The summed E-state index contributed by atoms with van der Waals surface area (Å²) in [6, 6.07) is 10.1. The van der Waals surface area contributed by atoms with Crippen molar-refractivity contribution in [2.75, 3.05) is 0 Å². The third-order valence-electron chi connectivity index (χ3n) is 2.28. The molecule has 68 valence electrons. The number of benzene rings is 2. The van der Waals surface area contributed by atoms with E-state index in [1.807, 2.05) is 29.8 Å². The molecule has 1 nitrogen and oxygen atoms in total. The molecule has 0 N–H and O–H groups in total. The van der Waals surface area contributed by atoms with Gasteiger partial charge in [-0.25, -0.2) is 4.98 Å². The lowest BCUT2D eigenvalue weighted by atomic mass is 10.1. The summed E-state index contributed by atoms with van der Waals surface area (Å²) in [5.74, 6) is 0. The largest absolute Gasteiger partial charge is 0.245 e. The minimum Gasteiger partial charge on any atom is -0.245 e. The Bertz CT molecular complexity index is 615. The van der Waals surface area contributed by atoms with E-state index in [9.17, 15) is 0 Å². The highest BCUT2D eigenvalue weighted by molar-refractivity contribution is 7.17. The third kappa shape index (κ3) is 1.11. The molecule has 14 heavy (non-hydrogen) atoms. The molecule has 0 unspecified atom stereocenters. The summed E-state index contributed by atoms with van der Waals surface area (Å²) in [4.78, 5) is 4.27. The van der Waals surface area contributed by atoms with E-state index in [0.29, 0.717) is 0 Å². The van der Waals surface area contributed by atoms with Crippen LogP contribution in [0, 0.1) is 0 Å². The van der Waals surface area contributed by atoms with Gasteiger partial charge >= 0.3 is 0 Å². The molecular formula is C11H6ClNS. The summed E-state index contributed by atoms with van der Waals surface area (Å²) in [6.07, 6.45) is 0. The van der Waals surface area contributed by atoms with E-state index in [4.69, 9.17) is 11.6 Å². The lowest BCUT2D eigenvalue weighted by Crippen LogP contribution is -1.73. The number of rotatable bonds is 0. The Balaban J connectivity index is 2.60. The van der Waals surface area contributed by atoms with Gasteiger partial charge in [-0.15, -0.1) is 11.3 Å². The van der Waals surface area contributed by atoms with Gasteiger partial charge in [-0.3, -0.25) is 0 Å². The molecule has 0 bridgehead atoms. The zero-order valence-electron chi connectivity index (χ0n) is 7.20. The number of aromatic nitrogens is 1. The highest BCUT2D eigenvalue weighted by Gasteiger charge is 2.02. The van der Waals surface area contributed by atoms with E-state index in [2.05, 4.69) is 11.1 Å². The first-order valence-electron chi connectivity index (χ1n) is 4.26. The van der Waals surface area contributed by atoms with Crippen molar-refractivity contribution in [3.63, 3.8) is 0 Å². The van der Waals surface area contributed by atoms with Crippen LogP contribution in [0.15, 0.2) is 35.8 Å². The summed E-state index contributed by atoms with van der Waals surface area (Å²) in [5, 5.41) is 3.18. The first-order valence-corrected chi connectivity index (χ1v) is 5.52. The van der Waals surface area contributed by atoms with Crippen molar-refractivity contribution in [2.24, 2.45) is 0 Å². The van der Waals surface area contributed by atoms with Crippen LogP contribution < -0.4 is 0 Å². The molecule has 0 amide bonds. The topological polar surface area (TPSA) is 12.9 Å². The number of halogens is 1. The normalized spacial score (nSPS) is 11.2. The molecule has 0 aliphatic rings. The summed E-state index contributed by atoms with van der Waals surface area (Å²) in [7, 11) is 0. The molecule has 0 fully saturated rings. The average Bonchev–Trinajstić information content (AvgIpc) is 2.65. The van der Waals surface area contributed by atoms with Gasteiger partial charge in [0.15, 0.2) is 0 Å². The lowest BCUT2D eigenvalue weighted by Gasteiger charge is -1.98. The highest BCUT2D eigenvalue weighted by Crippen LogP contribution is 2.29. The molecule has 3 rings (SSSR count). The van der Waals surface area contributed by atoms with Gasteiger partial charge in [-0.05, 0) is 23.6 Å². The zero-order valence-corrected chi connectivity index (χ0v) is 8.77. The van der Waals surface area contributed by atoms with Crippen LogP contribution >= 0.6 is 22.9 Å². The molecule has 0 spiro atoms. The number of fused-ring (bicyclic) bond motifs is 3. The van der Waals surface area contributed by atoms with Gasteiger partial charge in [-0.2, -0.15) is 0 Å². The van der Waals surface area contributed by atoms with E-state index in [1.54, 1.807) is 11.3 Å². The van der Waals surface area contributed by atoms with E-state index in [0.717, 1.165) is 10.5 Å². The molecule has 1 aromatic heterocycles. The molecule has 3 heteroatoms. The summed E-state index contributed by atoms with van der Waals surface area (Å²) >= 11 is 7.63. The first kappa shape index (κ1) is 8.21. The van der Waals surface area contributed by atoms with Gasteiger partial charge in [0.05, 0.1) is 15.7 Å². The zero-order chi connectivity index (χ0) is 9.54. The van der Waals surface area contributed by atoms with E-state index >= 15 is 0 Å². The molecule has 2 aromatic carbocycles. The number of nitrogens with zero attached hydrogens (tertiary/aromatic N) is 1. The quantitative estimate of drug-likeness (QED) is 0.555. The van der Waals surface area contributed by atoms with E-state index in [1.165, 1.54) is 15.5 Å². The van der Waals surface area contributed by atoms with Crippen LogP contribution in [0.25, 0.3) is 21.0 Å². The Morgan fingerprint density at radius 1 is 1.14 bits per heavy atom. The maximum Gasteiger partial charge on any atom is 0.0818 e. The molecule has 0 aliphatic carbocycles. The fraction of sp³-hybridized carbons (Fsp3) is 0. The van der Waals surface area contributed by atoms with Crippen LogP contribution in [0.1, 0.15) is 0 Å². The highest BCUT2D eigenvalue weighted by atomic mass is 35.5. The number of thiazole rings is 1. The predicted octanol–water partition coefficient (Wildman–Crippen LogP) is 4.10. The Labute approximate surface area is 90.0 Å². The van der Waals surface area contributed by atoms with Gasteiger partial charge in [0, 0.05) is 10.4 Å². The summed E-state index contributed by atoms with van der Waals surface area (Å²) in [6.45, 7) is 0. The Morgan fingerprint density at radius 2 is 2.00 bits per heavy atom. The minimum atomic E-state index is 0.776. The van der Waals surface area contributed by atoms with Crippen molar-refractivity contribution in [3.05, 3.63) is 40.9 Å². The van der Waals surface area contributed by atoms with Crippen LogP contribution in [0.4, 0.5) is 0 Å². The molecule has 0 saturated heterocycles. The SMILES string of the molecule is Clc1ccc2ccc3ncsc3c2c1. The van der Waals surface area contributed by atoms with Crippen LogP contribution in [0.2, 0.25) is 5.02 Å². The fourth-order valence-electron chi connectivity index (χ4n) is 1.61. The summed E-state index contributed by atoms with van der Waals surface area (Å²) in [5.41, 5.74) is 2.91. The van der Waals surface area contributed by atoms with E-state index in [-0.39, 0.29) is 0 Å². The molecule has 1 heterocycles. The van der Waals surface area contributed by atoms with Gasteiger partial charge in [0.25, 0.3) is 0 Å². The third-order valence-corrected chi connectivity index (χ3v) is 3.39. The van der Waals surface area contributed by atoms with Crippen LogP contribution in [-0.2, 0) is 0 Å². The van der Waals surface area contributed by atoms with Gasteiger partial charge < -0.3 is 0 Å². The second-order valence-corrected chi connectivity index (χ2v) is 4.42. The van der Waals surface area contributed by atoms with Crippen molar-refractivity contribution in [3.8, 4) is 0 Å². The monoisotopic (exact) mass is 219 g/mol. The first-order chi connectivity index (χ1) is 6.84.